The average molecular weight is 278 g/mol. The summed E-state index contributed by atoms with van der Waals surface area (Å²) in [5.74, 6) is -1.16. The summed E-state index contributed by atoms with van der Waals surface area (Å²) in [7, 11) is 3.55. The molecule has 0 aliphatic carbocycles. The molecule has 2 amide bonds. The van der Waals surface area contributed by atoms with Crippen LogP contribution in [0.5, 0.6) is 5.75 Å². The zero-order chi connectivity index (χ0) is 15.3. The fourth-order valence-corrected chi connectivity index (χ4v) is 1.49. The van der Waals surface area contributed by atoms with Crippen LogP contribution >= 0.6 is 0 Å². The third-order valence-electron chi connectivity index (χ3n) is 2.49. The molecule has 20 heavy (non-hydrogen) atoms. The predicted octanol–water partition coefficient (Wildman–Crippen LogP) is -0.107. The van der Waals surface area contributed by atoms with Gasteiger partial charge in [-0.2, -0.15) is 5.10 Å². The summed E-state index contributed by atoms with van der Waals surface area (Å²) in [6, 6.07) is 4.36. The van der Waals surface area contributed by atoms with E-state index in [1.807, 2.05) is 0 Å². The molecule has 0 bridgehead atoms. The summed E-state index contributed by atoms with van der Waals surface area (Å²) in [6.07, 6.45) is 0. The Balaban J connectivity index is 2.87. The molecule has 0 unspecified atom stereocenters. The molecule has 0 saturated heterocycles. The fourth-order valence-electron chi connectivity index (χ4n) is 1.49. The van der Waals surface area contributed by atoms with E-state index in [0.29, 0.717) is 11.3 Å². The molecular formula is C13H18N4O3. The highest BCUT2D eigenvalue weighted by molar-refractivity contribution is 6.03. The molecule has 0 fully saturated rings. The number of carbonyl (C=O) groups is 2. The maximum absolute atomic E-state index is 11.4. The smallest absolute Gasteiger partial charge is 0.254 e. The minimum Gasteiger partial charge on any atom is -0.507 e. The van der Waals surface area contributed by atoms with Crippen molar-refractivity contribution in [2.24, 2.45) is 10.8 Å². The Kier molecular flexibility index (Phi) is 5.22. The molecule has 0 heterocycles. The van der Waals surface area contributed by atoms with Crippen molar-refractivity contribution in [3.8, 4) is 5.75 Å². The zero-order valence-corrected chi connectivity index (χ0v) is 11.7. The lowest BCUT2D eigenvalue weighted by Crippen LogP contribution is -2.30. The van der Waals surface area contributed by atoms with E-state index in [0.717, 1.165) is 0 Å². The van der Waals surface area contributed by atoms with E-state index in [1.54, 1.807) is 32.0 Å². The number of nitrogens with two attached hydrogens (primary N) is 1. The quantitative estimate of drug-likeness (QED) is 0.516. The van der Waals surface area contributed by atoms with Gasteiger partial charge in [-0.15, -0.1) is 0 Å². The second-order valence-electron chi connectivity index (χ2n) is 4.57. The SMILES string of the molecule is C/C(=N\NC(=O)CN(C)C)c1ccc(O)c(C(N)=O)c1. The number of likely N-dealkylation sites (N-methyl/N-ethyl adjacent to an activating group) is 1. The van der Waals surface area contributed by atoms with Gasteiger partial charge < -0.3 is 15.7 Å². The molecule has 1 aromatic rings. The van der Waals surface area contributed by atoms with Crippen molar-refractivity contribution in [1.82, 2.24) is 10.3 Å². The van der Waals surface area contributed by atoms with Crippen molar-refractivity contribution in [2.75, 3.05) is 20.6 Å². The van der Waals surface area contributed by atoms with Crippen LogP contribution < -0.4 is 11.2 Å². The van der Waals surface area contributed by atoms with Crippen molar-refractivity contribution in [3.05, 3.63) is 29.3 Å². The van der Waals surface area contributed by atoms with Gasteiger partial charge in [0.1, 0.15) is 5.75 Å². The second-order valence-corrected chi connectivity index (χ2v) is 4.57. The van der Waals surface area contributed by atoms with Crippen molar-refractivity contribution >= 4 is 17.5 Å². The molecule has 0 spiro atoms. The third kappa shape index (κ3) is 4.36. The first-order valence-electron chi connectivity index (χ1n) is 5.92. The average Bonchev–Trinajstić information content (AvgIpc) is 2.35. The highest BCUT2D eigenvalue weighted by Gasteiger charge is 2.10. The molecule has 108 valence electrons. The molecule has 0 atom stereocenters. The first-order valence-corrected chi connectivity index (χ1v) is 5.92. The van der Waals surface area contributed by atoms with E-state index >= 15 is 0 Å². The standard InChI is InChI=1S/C13H18N4O3/c1-8(15-16-12(19)7-17(2)3)9-4-5-11(18)10(6-9)13(14)20/h4-6,18H,7H2,1-3H3,(H2,14,20)(H,16,19)/b15-8+. The molecule has 7 heteroatoms. The first kappa shape index (κ1) is 15.6. The van der Waals surface area contributed by atoms with Crippen LogP contribution in [0.2, 0.25) is 0 Å². The topological polar surface area (TPSA) is 108 Å². The Labute approximate surface area is 117 Å². The lowest BCUT2D eigenvalue weighted by Gasteiger charge is -2.08. The van der Waals surface area contributed by atoms with Gasteiger partial charge in [0.2, 0.25) is 0 Å². The third-order valence-corrected chi connectivity index (χ3v) is 2.49. The number of phenols is 1. The Morgan fingerprint density at radius 2 is 2.05 bits per heavy atom. The van der Waals surface area contributed by atoms with E-state index < -0.39 is 5.91 Å². The maximum Gasteiger partial charge on any atom is 0.254 e. The van der Waals surface area contributed by atoms with Crippen LogP contribution in [0.4, 0.5) is 0 Å². The van der Waals surface area contributed by atoms with Gasteiger partial charge in [0.25, 0.3) is 11.8 Å². The molecule has 0 saturated carbocycles. The Hall–Kier alpha value is -2.41. The van der Waals surface area contributed by atoms with Crippen LogP contribution in [0.1, 0.15) is 22.8 Å². The number of hydrazone groups is 1. The number of primary amides is 1. The van der Waals surface area contributed by atoms with Crippen LogP contribution in [0, 0.1) is 0 Å². The number of amides is 2. The number of hydrogen-bond acceptors (Lipinski definition) is 5. The predicted molar refractivity (Wildman–Crippen MR) is 75.5 cm³/mol. The van der Waals surface area contributed by atoms with E-state index in [9.17, 15) is 14.7 Å². The van der Waals surface area contributed by atoms with Gasteiger partial charge in [-0.3, -0.25) is 9.59 Å². The molecule has 7 nitrogen and oxygen atoms in total. The van der Waals surface area contributed by atoms with Gasteiger partial charge in [0, 0.05) is 0 Å². The molecule has 1 rings (SSSR count). The van der Waals surface area contributed by atoms with E-state index in [-0.39, 0.29) is 23.8 Å². The number of carbonyl (C=O) groups excluding carboxylic acids is 2. The number of rotatable bonds is 5. The molecule has 0 aromatic heterocycles. The van der Waals surface area contributed by atoms with Gasteiger partial charge in [-0.25, -0.2) is 5.43 Å². The number of nitrogens with one attached hydrogen (secondary N) is 1. The summed E-state index contributed by atoms with van der Waals surface area (Å²) in [5.41, 5.74) is 8.65. The number of hydrogen-bond donors (Lipinski definition) is 3. The molecule has 0 radical (unpaired) electrons. The lowest BCUT2D eigenvalue weighted by molar-refractivity contribution is -0.121. The van der Waals surface area contributed by atoms with Crippen LogP contribution in [-0.2, 0) is 4.79 Å². The highest BCUT2D eigenvalue weighted by atomic mass is 16.3. The zero-order valence-electron chi connectivity index (χ0n) is 11.7. The molecule has 0 aliphatic heterocycles. The normalized spacial score (nSPS) is 11.5. The fraction of sp³-hybridized carbons (Fsp3) is 0.308. The second kappa shape index (κ2) is 6.67. The molecular weight excluding hydrogens is 260 g/mol. The van der Waals surface area contributed by atoms with Crippen molar-refractivity contribution in [1.29, 1.82) is 0 Å². The van der Waals surface area contributed by atoms with E-state index in [2.05, 4.69) is 10.5 Å². The number of benzene rings is 1. The van der Waals surface area contributed by atoms with E-state index in [1.165, 1.54) is 12.1 Å². The van der Waals surface area contributed by atoms with Gasteiger partial charge in [-0.05, 0) is 44.8 Å². The summed E-state index contributed by atoms with van der Waals surface area (Å²) in [5, 5.41) is 13.4. The van der Waals surface area contributed by atoms with Gasteiger partial charge in [0.15, 0.2) is 0 Å². The Morgan fingerprint density at radius 1 is 1.40 bits per heavy atom. The Bertz CT molecular complexity index is 553. The maximum atomic E-state index is 11.4. The largest absolute Gasteiger partial charge is 0.507 e. The minimum absolute atomic E-state index is 0.0108. The van der Waals surface area contributed by atoms with Crippen LogP contribution in [-0.4, -0.2) is 48.2 Å². The van der Waals surface area contributed by atoms with Crippen LogP contribution in [0.25, 0.3) is 0 Å². The summed E-state index contributed by atoms with van der Waals surface area (Å²) >= 11 is 0. The van der Waals surface area contributed by atoms with Crippen LogP contribution in [0.15, 0.2) is 23.3 Å². The van der Waals surface area contributed by atoms with E-state index in [4.69, 9.17) is 5.73 Å². The first-order chi connectivity index (χ1) is 9.31. The van der Waals surface area contributed by atoms with Gasteiger partial charge >= 0.3 is 0 Å². The highest BCUT2D eigenvalue weighted by Crippen LogP contribution is 2.18. The lowest BCUT2D eigenvalue weighted by atomic mass is 10.1. The van der Waals surface area contributed by atoms with Crippen molar-refractivity contribution in [2.45, 2.75) is 6.92 Å². The van der Waals surface area contributed by atoms with Crippen LogP contribution in [0.3, 0.4) is 0 Å². The van der Waals surface area contributed by atoms with Gasteiger partial charge in [0.05, 0.1) is 17.8 Å². The summed E-state index contributed by atoms with van der Waals surface area (Å²) in [6.45, 7) is 1.89. The molecule has 4 N–H and O–H groups in total. The Morgan fingerprint density at radius 3 is 2.60 bits per heavy atom. The van der Waals surface area contributed by atoms with Gasteiger partial charge in [-0.1, -0.05) is 0 Å². The minimum atomic E-state index is -0.728. The summed E-state index contributed by atoms with van der Waals surface area (Å²) in [4.78, 5) is 24.3. The number of aromatic hydroxyl groups is 1. The van der Waals surface area contributed by atoms with Crippen molar-refractivity contribution < 1.29 is 14.7 Å². The number of nitrogens with zero attached hydrogens (tertiary/aromatic N) is 2. The van der Waals surface area contributed by atoms with Crippen molar-refractivity contribution in [3.63, 3.8) is 0 Å². The molecule has 0 aliphatic rings. The monoisotopic (exact) mass is 278 g/mol. The summed E-state index contributed by atoms with van der Waals surface area (Å²) < 4.78 is 0. The molecule has 1 aromatic carbocycles.